The van der Waals surface area contributed by atoms with E-state index in [1.165, 1.54) is 6.26 Å². The van der Waals surface area contributed by atoms with Gasteiger partial charge in [0.15, 0.2) is 12.4 Å². The molecular weight excluding hydrogens is 344 g/mol. The Morgan fingerprint density at radius 3 is 2.44 bits per heavy atom. The summed E-state index contributed by atoms with van der Waals surface area (Å²) in [7, 11) is 0. The van der Waals surface area contributed by atoms with Gasteiger partial charge in [0.25, 0.3) is 11.8 Å². The van der Waals surface area contributed by atoms with Gasteiger partial charge in [-0.3, -0.25) is 9.59 Å². The van der Waals surface area contributed by atoms with Crippen LogP contribution in [0.2, 0.25) is 0 Å². The molecule has 1 heterocycles. The first-order valence-corrected chi connectivity index (χ1v) is 8.47. The second kappa shape index (κ2) is 8.23. The molecule has 0 spiro atoms. The molecule has 0 unspecified atom stereocenters. The Bertz CT molecular complexity index is 931. The van der Waals surface area contributed by atoms with E-state index >= 15 is 0 Å². The average Bonchev–Trinajstić information content (AvgIpc) is 3.20. The van der Waals surface area contributed by atoms with Crippen LogP contribution in [0.5, 0.6) is 5.75 Å². The fraction of sp³-hybridized carbons (Fsp3) is 0.143. The van der Waals surface area contributed by atoms with Crippen molar-refractivity contribution in [1.29, 1.82) is 0 Å². The van der Waals surface area contributed by atoms with Crippen LogP contribution in [-0.4, -0.2) is 18.4 Å². The van der Waals surface area contributed by atoms with Crippen LogP contribution in [-0.2, 0) is 4.79 Å². The minimum Gasteiger partial charge on any atom is -0.484 e. The zero-order valence-electron chi connectivity index (χ0n) is 15.1. The van der Waals surface area contributed by atoms with E-state index in [-0.39, 0.29) is 24.2 Å². The fourth-order valence-corrected chi connectivity index (χ4v) is 2.46. The summed E-state index contributed by atoms with van der Waals surface area (Å²) in [6.07, 6.45) is 1.44. The third-order valence-corrected chi connectivity index (χ3v) is 4.11. The molecule has 0 radical (unpaired) electrons. The number of anilines is 2. The molecule has 27 heavy (non-hydrogen) atoms. The molecule has 2 N–H and O–H groups in total. The van der Waals surface area contributed by atoms with Crippen molar-refractivity contribution in [3.63, 3.8) is 0 Å². The maximum atomic E-state index is 12.1. The summed E-state index contributed by atoms with van der Waals surface area (Å²) < 4.78 is 10.5. The first kappa shape index (κ1) is 18.3. The van der Waals surface area contributed by atoms with E-state index in [0.29, 0.717) is 11.4 Å². The van der Waals surface area contributed by atoms with Crippen molar-refractivity contribution >= 4 is 23.2 Å². The SMILES string of the molecule is Cc1cccc(NC(=O)COc2ccc(NC(=O)c3ccco3)cc2)c1C. The van der Waals surface area contributed by atoms with Crippen LogP contribution in [0.25, 0.3) is 0 Å². The van der Waals surface area contributed by atoms with Gasteiger partial charge in [-0.1, -0.05) is 12.1 Å². The minimum atomic E-state index is -0.332. The van der Waals surface area contributed by atoms with Crippen molar-refractivity contribution in [3.05, 3.63) is 77.7 Å². The first-order chi connectivity index (χ1) is 13.0. The normalized spacial score (nSPS) is 10.3. The molecule has 0 aliphatic carbocycles. The summed E-state index contributed by atoms with van der Waals surface area (Å²) in [5.41, 5.74) is 3.52. The highest BCUT2D eigenvalue weighted by Crippen LogP contribution is 2.19. The first-order valence-electron chi connectivity index (χ1n) is 8.47. The molecular formula is C21H20N2O4. The number of carbonyl (C=O) groups is 2. The third-order valence-electron chi connectivity index (χ3n) is 4.11. The van der Waals surface area contributed by atoms with E-state index in [2.05, 4.69) is 10.6 Å². The van der Waals surface area contributed by atoms with Crippen molar-refractivity contribution < 1.29 is 18.7 Å². The van der Waals surface area contributed by atoms with Crippen molar-refractivity contribution in [1.82, 2.24) is 0 Å². The van der Waals surface area contributed by atoms with E-state index in [1.54, 1.807) is 36.4 Å². The summed E-state index contributed by atoms with van der Waals surface area (Å²) in [5, 5.41) is 5.56. The molecule has 6 nitrogen and oxygen atoms in total. The lowest BCUT2D eigenvalue weighted by atomic mass is 10.1. The molecule has 1 aromatic heterocycles. The Kier molecular flexibility index (Phi) is 5.56. The van der Waals surface area contributed by atoms with Crippen LogP contribution in [0.1, 0.15) is 21.7 Å². The summed E-state index contributed by atoms with van der Waals surface area (Å²) >= 11 is 0. The van der Waals surface area contributed by atoms with Gasteiger partial charge in [0.1, 0.15) is 5.75 Å². The highest BCUT2D eigenvalue weighted by Gasteiger charge is 2.09. The lowest BCUT2D eigenvalue weighted by Gasteiger charge is -2.11. The highest BCUT2D eigenvalue weighted by molar-refractivity contribution is 6.02. The minimum absolute atomic E-state index is 0.106. The molecule has 0 bridgehead atoms. The Hall–Kier alpha value is -3.54. The largest absolute Gasteiger partial charge is 0.484 e. The monoisotopic (exact) mass is 364 g/mol. The van der Waals surface area contributed by atoms with Crippen molar-refractivity contribution in [2.24, 2.45) is 0 Å². The van der Waals surface area contributed by atoms with Gasteiger partial charge in [0, 0.05) is 11.4 Å². The zero-order valence-corrected chi connectivity index (χ0v) is 15.1. The van der Waals surface area contributed by atoms with Crippen LogP contribution in [0.15, 0.2) is 65.3 Å². The van der Waals surface area contributed by atoms with Crippen molar-refractivity contribution in [3.8, 4) is 5.75 Å². The quantitative estimate of drug-likeness (QED) is 0.688. The molecule has 2 amide bonds. The lowest BCUT2D eigenvalue weighted by molar-refractivity contribution is -0.118. The van der Waals surface area contributed by atoms with Crippen LogP contribution in [0.4, 0.5) is 11.4 Å². The standard InChI is InChI=1S/C21H20N2O4/c1-14-5-3-6-18(15(14)2)23-20(24)13-27-17-10-8-16(9-11-17)22-21(25)19-7-4-12-26-19/h3-12H,13H2,1-2H3,(H,22,25)(H,23,24). The highest BCUT2D eigenvalue weighted by atomic mass is 16.5. The predicted molar refractivity (Wildman–Crippen MR) is 103 cm³/mol. The van der Waals surface area contributed by atoms with Gasteiger partial charge in [0.05, 0.1) is 6.26 Å². The maximum Gasteiger partial charge on any atom is 0.291 e. The Balaban J connectivity index is 1.51. The van der Waals surface area contributed by atoms with E-state index in [9.17, 15) is 9.59 Å². The predicted octanol–water partition coefficient (Wildman–Crippen LogP) is 4.17. The summed E-state index contributed by atoms with van der Waals surface area (Å²) in [6.45, 7) is 3.85. The number of nitrogens with one attached hydrogen (secondary N) is 2. The van der Waals surface area contributed by atoms with Gasteiger partial charge in [-0.25, -0.2) is 0 Å². The topological polar surface area (TPSA) is 80.6 Å². The number of furan rings is 1. The Labute approximate surface area is 157 Å². The number of benzene rings is 2. The molecule has 138 valence electrons. The number of amides is 2. The van der Waals surface area contributed by atoms with Gasteiger partial charge in [-0.05, 0) is 67.4 Å². The molecule has 6 heteroatoms. The second-order valence-corrected chi connectivity index (χ2v) is 6.04. The number of aryl methyl sites for hydroxylation is 1. The van der Waals surface area contributed by atoms with Gasteiger partial charge < -0.3 is 19.8 Å². The van der Waals surface area contributed by atoms with Crippen LogP contribution < -0.4 is 15.4 Å². The van der Waals surface area contributed by atoms with Crippen LogP contribution in [0.3, 0.4) is 0 Å². The number of hydrogen-bond donors (Lipinski definition) is 2. The summed E-state index contributed by atoms with van der Waals surface area (Å²) in [4.78, 5) is 24.0. The summed E-state index contributed by atoms with van der Waals surface area (Å²) in [5.74, 6) is 0.195. The maximum absolute atomic E-state index is 12.1. The molecule has 0 atom stereocenters. The Morgan fingerprint density at radius 1 is 0.963 bits per heavy atom. The Morgan fingerprint density at radius 2 is 1.74 bits per heavy atom. The number of ether oxygens (including phenoxy) is 1. The number of hydrogen-bond acceptors (Lipinski definition) is 4. The van der Waals surface area contributed by atoms with Gasteiger partial charge in [-0.15, -0.1) is 0 Å². The van der Waals surface area contributed by atoms with Gasteiger partial charge >= 0.3 is 0 Å². The fourth-order valence-electron chi connectivity index (χ4n) is 2.46. The molecule has 3 aromatic rings. The molecule has 0 saturated carbocycles. The molecule has 2 aromatic carbocycles. The van der Waals surface area contributed by atoms with E-state index in [0.717, 1.165) is 16.8 Å². The molecule has 3 rings (SSSR count). The lowest BCUT2D eigenvalue weighted by Crippen LogP contribution is -2.20. The second-order valence-electron chi connectivity index (χ2n) is 6.04. The van der Waals surface area contributed by atoms with E-state index in [1.807, 2.05) is 32.0 Å². The van der Waals surface area contributed by atoms with Crippen molar-refractivity contribution in [2.75, 3.05) is 17.2 Å². The van der Waals surface area contributed by atoms with Gasteiger partial charge in [-0.2, -0.15) is 0 Å². The van der Waals surface area contributed by atoms with Gasteiger partial charge in [0.2, 0.25) is 0 Å². The number of rotatable bonds is 6. The smallest absolute Gasteiger partial charge is 0.291 e. The molecule has 0 aliphatic rings. The average molecular weight is 364 g/mol. The van der Waals surface area contributed by atoms with Crippen LogP contribution in [0, 0.1) is 13.8 Å². The third kappa shape index (κ3) is 4.76. The van der Waals surface area contributed by atoms with E-state index < -0.39 is 0 Å². The molecule has 0 saturated heterocycles. The zero-order chi connectivity index (χ0) is 19.2. The van der Waals surface area contributed by atoms with E-state index in [4.69, 9.17) is 9.15 Å². The van der Waals surface area contributed by atoms with Crippen molar-refractivity contribution in [2.45, 2.75) is 13.8 Å². The molecule has 0 fully saturated rings. The number of carbonyl (C=O) groups excluding carboxylic acids is 2. The van der Waals surface area contributed by atoms with Crippen LogP contribution >= 0.6 is 0 Å². The molecule has 0 aliphatic heterocycles. The summed E-state index contributed by atoms with van der Waals surface area (Å²) in [6, 6.07) is 15.7.